The lowest BCUT2D eigenvalue weighted by Crippen LogP contribution is -1.98. The Bertz CT molecular complexity index is 112. The Morgan fingerprint density at radius 1 is 1.88 bits per heavy atom. The smallest absolute Gasteiger partial charge is 0.0172 e. The van der Waals surface area contributed by atoms with Gasteiger partial charge in [-0.3, -0.25) is 0 Å². The maximum atomic E-state index is 5.50. The molecule has 0 heterocycles. The second kappa shape index (κ2) is 3.70. The number of allylic oxidation sites excluding steroid dienone is 1. The summed E-state index contributed by atoms with van der Waals surface area (Å²) < 4.78 is 0. The van der Waals surface area contributed by atoms with Gasteiger partial charge in [0.25, 0.3) is 0 Å². The highest BCUT2D eigenvalue weighted by atomic mass is 35.5. The number of nitrogens with two attached hydrogens (primary N) is 1. The van der Waals surface area contributed by atoms with Gasteiger partial charge >= 0.3 is 0 Å². The summed E-state index contributed by atoms with van der Waals surface area (Å²) >= 11 is 5.50. The summed E-state index contributed by atoms with van der Waals surface area (Å²) in [6.45, 7) is 5.90. The first kappa shape index (κ1) is 7.73. The SMILES string of the molecule is C=C(/C=C(\C)Cl)CN. The van der Waals surface area contributed by atoms with Crippen molar-refractivity contribution in [3.05, 3.63) is 23.3 Å². The first-order chi connectivity index (χ1) is 3.66. The van der Waals surface area contributed by atoms with Crippen molar-refractivity contribution in [1.82, 2.24) is 0 Å². The lowest BCUT2D eigenvalue weighted by atomic mass is 10.3. The summed E-state index contributed by atoms with van der Waals surface area (Å²) in [6.07, 6.45) is 1.75. The van der Waals surface area contributed by atoms with Gasteiger partial charge in [0.2, 0.25) is 0 Å². The zero-order valence-corrected chi connectivity index (χ0v) is 5.70. The van der Waals surface area contributed by atoms with E-state index in [4.69, 9.17) is 17.3 Å². The van der Waals surface area contributed by atoms with Crippen molar-refractivity contribution >= 4 is 11.6 Å². The zero-order valence-electron chi connectivity index (χ0n) is 4.95. The van der Waals surface area contributed by atoms with Crippen molar-refractivity contribution in [2.45, 2.75) is 6.92 Å². The summed E-state index contributed by atoms with van der Waals surface area (Å²) in [7, 11) is 0. The van der Waals surface area contributed by atoms with Crippen LogP contribution in [0.3, 0.4) is 0 Å². The summed E-state index contributed by atoms with van der Waals surface area (Å²) in [5.74, 6) is 0. The van der Waals surface area contributed by atoms with Crippen molar-refractivity contribution < 1.29 is 0 Å². The maximum absolute atomic E-state index is 5.50. The standard InChI is InChI=1S/C6H10ClN/c1-5(4-8)3-6(2)7/h3H,1,4,8H2,2H3/b6-3+. The fraction of sp³-hybridized carbons (Fsp3) is 0.333. The fourth-order valence-corrected chi connectivity index (χ4v) is 0.495. The Hall–Kier alpha value is -0.270. The van der Waals surface area contributed by atoms with Crippen molar-refractivity contribution in [2.75, 3.05) is 6.54 Å². The predicted octanol–water partition coefficient (Wildman–Crippen LogP) is 1.64. The van der Waals surface area contributed by atoms with Gasteiger partial charge in [0.15, 0.2) is 0 Å². The van der Waals surface area contributed by atoms with E-state index in [1.54, 1.807) is 13.0 Å². The Labute approximate surface area is 54.8 Å². The van der Waals surface area contributed by atoms with E-state index in [1.165, 1.54) is 0 Å². The van der Waals surface area contributed by atoms with E-state index >= 15 is 0 Å². The molecule has 1 nitrogen and oxygen atoms in total. The topological polar surface area (TPSA) is 26.0 Å². The van der Waals surface area contributed by atoms with E-state index in [9.17, 15) is 0 Å². The Morgan fingerprint density at radius 2 is 2.38 bits per heavy atom. The Balaban J connectivity index is 3.70. The van der Waals surface area contributed by atoms with Crippen molar-refractivity contribution in [2.24, 2.45) is 5.73 Å². The van der Waals surface area contributed by atoms with E-state index in [0.717, 1.165) is 10.6 Å². The summed E-state index contributed by atoms with van der Waals surface area (Å²) in [6, 6.07) is 0. The van der Waals surface area contributed by atoms with Crippen molar-refractivity contribution in [1.29, 1.82) is 0 Å². The Kier molecular flexibility index (Phi) is 3.57. The molecule has 0 aliphatic carbocycles. The summed E-state index contributed by atoms with van der Waals surface area (Å²) in [4.78, 5) is 0. The van der Waals surface area contributed by atoms with Gasteiger partial charge in [-0.15, -0.1) is 0 Å². The molecule has 46 valence electrons. The van der Waals surface area contributed by atoms with Crippen LogP contribution in [0.15, 0.2) is 23.3 Å². The van der Waals surface area contributed by atoms with Crippen LogP contribution in [0.2, 0.25) is 0 Å². The first-order valence-corrected chi connectivity index (χ1v) is 2.76. The van der Waals surface area contributed by atoms with Crippen LogP contribution in [0.4, 0.5) is 0 Å². The maximum Gasteiger partial charge on any atom is 0.0172 e. The monoisotopic (exact) mass is 131 g/mol. The molecule has 0 fully saturated rings. The average Bonchev–Trinajstić information content (AvgIpc) is 1.65. The third-order valence-electron chi connectivity index (χ3n) is 0.665. The van der Waals surface area contributed by atoms with E-state index < -0.39 is 0 Å². The van der Waals surface area contributed by atoms with Crippen LogP contribution in [-0.2, 0) is 0 Å². The highest BCUT2D eigenvalue weighted by Crippen LogP contribution is 2.01. The molecule has 0 spiro atoms. The van der Waals surface area contributed by atoms with Crippen molar-refractivity contribution in [3.8, 4) is 0 Å². The second-order valence-corrected chi connectivity index (χ2v) is 2.19. The molecular formula is C6H10ClN. The highest BCUT2D eigenvalue weighted by molar-refractivity contribution is 6.29. The molecule has 0 radical (unpaired) electrons. The molecule has 0 rings (SSSR count). The molecule has 0 atom stereocenters. The molecule has 0 amide bonds. The molecule has 0 aromatic heterocycles. The van der Waals surface area contributed by atoms with E-state index in [-0.39, 0.29) is 0 Å². The minimum Gasteiger partial charge on any atom is -0.327 e. The molecule has 0 aliphatic rings. The van der Waals surface area contributed by atoms with Crippen LogP contribution in [0.1, 0.15) is 6.92 Å². The predicted molar refractivity (Wildman–Crippen MR) is 37.8 cm³/mol. The molecule has 0 unspecified atom stereocenters. The van der Waals surface area contributed by atoms with Gasteiger partial charge in [0.1, 0.15) is 0 Å². The molecule has 2 heteroatoms. The van der Waals surface area contributed by atoms with Crippen LogP contribution < -0.4 is 5.73 Å². The highest BCUT2D eigenvalue weighted by Gasteiger charge is 1.82. The van der Waals surface area contributed by atoms with Gasteiger partial charge in [-0.2, -0.15) is 0 Å². The summed E-state index contributed by atoms with van der Waals surface area (Å²) in [5, 5.41) is 0.723. The van der Waals surface area contributed by atoms with E-state index in [2.05, 4.69) is 6.58 Å². The molecular weight excluding hydrogens is 122 g/mol. The average molecular weight is 132 g/mol. The largest absolute Gasteiger partial charge is 0.327 e. The molecule has 0 aliphatic heterocycles. The molecule has 0 saturated heterocycles. The quantitative estimate of drug-likeness (QED) is 0.567. The van der Waals surface area contributed by atoms with Crippen LogP contribution in [-0.4, -0.2) is 6.54 Å². The lowest BCUT2D eigenvalue weighted by molar-refractivity contribution is 1.19. The van der Waals surface area contributed by atoms with Crippen molar-refractivity contribution in [3.63, 3.8) is 0 Å². The third kappa shape index (κ3) is 3.90. The zero-order chi connectivity index (χ0) is 6.57. The molecule has 0 aromatic rings. The first-order valence-electron chi connectivity index (χ1n) is 2.38. The van der Waals surface area contributed by atoms with E-state index in [0.29, 0.717) is 6.54 Å². The number of halogens is 1. The Morgan fingerprint density at radius 3 is 2.50 bits per heavy atom. The molecule has 8 heavy (non-hydrogen) atoms. The van der Waals surface area contributed by atoms with Gasteiger partial charge in [0.05, 0.1) is 0 Å². The molecule has 0 bridgehead atoms. The fourth-order valence-electron chi connectivity index (χ4n) is 0.340. The van der Waals surface area contributed by atoms with Gasteiger partial charge in [-0.05, 0) is 18.6 Å². The van der Waals surface area contributed by atoms with Crippen LogP contribution in [0.5, 0.6) is 0 Å². The van der Waals surface area contributed by atoms with Gasteiger partial charge in [-0.25, -0.2) is 0 Å². The molecule has 0 aromatic carbocycles. The van der Waals surface area contributed by atoms with Gasteiger partial charge in [-0.1, -0.05) is 18.2 Å². The molecule has 0 saturated carbocycles. The van der Waals surface area contributed by atoms with Crippen LogP contribution in [0, 0.1) is 0 Å². The molecule has 2 N–H and O–H groups in total. The van der Waals surface area contributed by atoms with Gasteiger partial charge in [0, 0.05) is 11.6 Å². The van der Waals surface area contributed by atoms with Crippen LogP contribution in [0.25, 0.3) is 0 Å². The van der Waals surface area contributed by atoms with E-state index in [1.807, 2.05) is 0 Å². The third-order valence-corrected chi connectivity index (χ3v) is 0.774. The minimum absolute atomic E-state index is 0.476. The summed E-state index contributed by atoms with van der Waals surface area (Å²) in [5.41, 5.74) is 6.08. The second-order valence-electron chi connectivity index (χ2n) is 1.59. The number of hydrogen-bond acceptors (Lipinski definition) is 1. The van der Waals surface area contributed by atoms with Crippen LogP contribution >= 0.6 is 11.6 Å². The number of hydrogen-bond donors (Lipinski definition) is 1. The number of rotatable bonds is 2. The lowest BCUT2D eigenvalue weighted by Gasteiger charge is -1.90. The van der Waals surface area contributed by atoms with Gasteiger partial charge < -0.3 is 5.73 Å². The normalized spacial score (nSPS) is 11.6. The minimum atomic E-state index is 0.476.